The number of amides is 1. The number of nitrogens with zero attached hydrogens (tertiary/aromatic N) is 1. The van der Waals surface area contributed by atoms with Crippen LogP contribution in [0.5, 0.6) is 0 Å². The first-order chi connectivity index (χ1) is 9.93. The van der Waals surface area contributed by atoms with Crippen LogP contribution in [-0.2, 0) is 14.6 Å². The molecule has 2 aliphatic heterocycles. The number of nitrogens with one attached hydrogen (secondary N) is 1. The Hall–Kier alpha value is -0.660. The second kappa shape index (κ2) is 5.52. The highest BCUT2D eigenvalue weighted by molar-refractivity contribution is 7.91. The summed E-state index contributed by atoms with van der Waals surface area (Å²) in [6, 6.07) is -0.650. The van der Waals surface area contributed by atoms with Gasteiger partial charge in [-0.25, -0.2) is 8.42 Å². The number of likely N-dealkylation sites (tertiary alicyclic amines) is 1. The topological polar surface area (TPSA) is 86.7 Å². The van der Waals surface area contributed by atoms with Crippen molar-refractivity contribution in [3.63, 3.8) is 0 Å². The third-order valence-corrected chi connectivity index (χ3v) is 6.92. The molecule has 0 unspecified atom stereocenters. The summed E-state index contributed by atoms with van der Waals surface area (Å²) in [5.74, 6) is -0.465. The largest absolute Gasteiger partial charge is 0.390 e. The van der Waals surface area contributed by atoms with Gasteiger partial charge in [0.2, 0.25) is 5.91 Å². The lowest BCUT2D eigenvalue weighted by molar-refractivity contribution is -0.134. The molecule has 0 aromatic heterocycles. The van der Waals surface area contributed by atoms with Crippen molar-refractivity contribution in [2.24, 2.45) is 0 Å². The first-order valence-corrected chi connectivity index (χ1v) is 9.70. The molecule has 3 fully saturated rings. The Kier molecular flexibility index (Phi) is 4.00. The van der Waals surface area contributed by atoms with Crippen LogP contribution in [0.15, 0.2) is 0 Å². The Labute approximate surface area is 125 Å². The molecule has 3 aliphatic rings. The average molecular weight is 316 g/mol. The molecule has 6 nitrogen and oxygen atoms in total. The first kappa shape index (κ1) is 15.2. The van der Waals surface area contributed by atoms with Crippen LogP contribution in [0.25, 0.3) is 0 Å². The zero-order valence-corrected chi connectivity index (χ0v) is 13.1. The molecule has 2 atom stereocenters. The Morgan fingerprint density at radius 3 is 2.24 bits per heavy atom. The number of carbonyl (C=O) groups is 1. The molecule has 0 aromatic carbocycles. The van der Waals surface area contributed by atoms with E-state index in [0.29, 0.717) is 0 Å². The minimum atomic E-state index is -3.23. The Bertz CT molecular complexity index is 507. The van der Waals surface area contributed by atoms with Gasteiger partial charge in [-0.15, -0.1) is 0 Å². The second-order valence-corrected chi connectivity index (χ2v) is 8.81. The molecule has 2 N–H and O–H groups in total. The van der Waals surface area contributed by atoms with Gasteiger partial charge in [0.15, 0.2) is 9.84 Å². The standard InChI is InChI=1S/C14H24N2O4S/c17-12-10-21(19,20)9-11(12)15-13(18)14(5-1-2-6-14)16-7-3-4-8-16/h11-12,17H,1-10H2,(H,15,18)/t11-,12-/m1/s1. The Morgan fingerprint density at radius 1 is 1.10 bits per heavy atom. The normalized spacial score (nSPS) is 35.1. The molecule has 1 aliphatic carbocycles. The molecular formula is C14H24N2O4S. The highest BCUT2D eigenvalue weighted by Gasteiger charge is 2.48. The smallest absolute Gasteiger partial charge is 0.240 e. The number of hydrogen-bond donors (Lipinski definition) is 2. The maximum absolute atomic E-state index is 12.8. The van der Waals surface area contributed by atoms with E-state index in [9.17, 15) is 18.3 Å². The molecule has 0 spiro atoms. The number of carbonyl (C=O) groups excluding carboxylic acids is 1. The van der Waals surface area contributed by atoms with E-state index in [0.717, 1.165) is 51.6 Å². The molecule has 0 radical (unpaired) electrons. The van der Waals surface area contributed by atoms with Crippen molar-refractivity contribution >= 4 is 15.7 Å². The minimum absolute atomic E-state index is 0.0805. The third-order valence-electron chi connectivity index (χ3n) is 5.20. The van der Waals surface area contributed by atoms with Crippen molar-refractivity contribution in [2.45, 2.75) is 56.2 Å². The second-order valence-electron chi connectivity index (χ2n) is 6.66. The van der Waals surface area contributed by atoms with Crippen molar-refractivity contribution in [3.8, 4) is 0 Å². The van der Waals surface area contributed by atoms with Crippen LogP contribution in [0.4, 0.5) is 0 Å². The van der Waals surface area contributed by atoms with E-state index in [-0.39, 0.29) is 17.4 Å². The van der Waals surface area contributed by atoms with E-state index in [4.69, 9.17) is 0 Å². The fraction of sp³-hybridized carbons (Fsp3) is 0.929. The fourth-order valence-corrected chi connectivity index (χ4v) is 5.80. The van der Waals surface area contributed by atoms with Gasteiger partial charge in [0, 0.05) is 0 Å². The average Bonchev–Trinajstić information content (AvgIpc) is 3.11. The molecule has 120 valence electrons. The lowest BCUT2D eigenvalue weighted by atomic mass is 9.93. The molecule has 0 aromatic rings. The van der Waals surface area contributed by atoms with E-state index < -0.39 is 27.5 Å². The highest BCUT2D eigenvalue weighted by Crippen LogP contribution is 2.38. The van der Waals surface area contributed by atoms with E-state index in [2.05, 4.69) is 10.2 Å². The van der Waals surface area contributed by atoms with Gasteiger partial charge in [0.1, 0.15) is 5.54 Å². The summed E-state index contributed by atoms with van der Waals surface area (Å²) in [4.78, 5) is 15.1. The maximum Gasteiger partial charge on any atom is 0.240 e. The summed E-state index contributed by atoms with van der Waals surface area (Å²) in [5.41, 5.74) is -0.470. The van der Waals surface area contributed by atoms with E-state index in [1.165, 1.54) is 0 Å². The number of rotatable bonds is 3. The summed E-state index contributed by atoms with van der Waals surface area (Å²) in [7, 11) is -3.23. The summed E-state index contributed by atoms with van der Waals surface area (Å²) >= 11 is 0. The number of aliphatic hydroxyl groups excluding tert-OH is 1. The van der Waals surface area contributed by atoms with E-state index >= 15 is 0 Å². The molecule has 2 saturated heterocycles. The van der Waals surface area contributed by atoms with Crippen LogP contribution >= 0.6 is 0 Å². The van der Waals surface area contributed by atoms with Crippen LogP contribution in [-0.4, -0.2) is 66.6 Å². The molecule has 21 heavy (non-hydrogen) atoms. The van der Waals surface area contributed by atoms with Gasteiger partial charge in [0.25, 0.3) is 0 Å². The SMILES string of the molecule is O=C(N[C@@H]1CS(=O)(=O)C[C@H]1O)C1(N2CCCC2)CCCC1. The monoisotopic (exact) mass is 316 g/mol. The molecule has 1 saturated carbocycles. The Morgan fingerprint density at radius 2 is 1.71 bits per heavy atom. The van der Waals surface area contributed by atoms with Gasteiger partial charge >= 0.3 is 0 Å². The van der Waals surface area contributed by atoms with Crippen LogP contribution < -0.4 is 5.32 Å². The molecule has 1 amide bonds. The number of sulfone groups is 1. The van der Waals surface area contributed by atoms with E-state index in [1.54, 1.807) is 0 Å². The van der Waals surface area contributed by atoms with Gasteiger partial charge in [0.05, 0.1) is 23.7 Å². The van der Waals surface area contributed by atoms with Gasteiger partial charge in [-0.05, 0) is 38.8 Å². The zero-order chi connectivity index (χ0) is 15.1. The van der Waals surface area contributed by atoms with Crippen molar-refractivity contribution in [1.82, 2.24) is 10.2 Å². The predicted molar refractivity (Wildman–Crippen MR) is 78.6 cm³/mol. The summed E-state index contributed by atoms with van der Waals surface area (Å²) < 4.78 is 23.1. The summed E-state index contributed by atoms with van der Waals surface area (Å²) in [6.07, 6.45) is 5.02. The zero-order valence-electron chi connectivity index (χ0n) is 12.3. The van der Waals surface area contributed by atoms with Crippen molar-refractivity contribution in [3.05, 3.63) is 0 Å². The van der Waals surface area contributed by atoms with Crippen LogP contribution in [0.1, 0.15) is 38.5 Å². The minimum Gasteiger partial charge on any atom is -0.390 e. The summed E-state index contributed by atoms with van der Waals surface area (Å²) in [6.45, 7) is 1.89. The van der Waals surface area contributed by atoms with Gasteiger partial charge < -0.3 is 10.4 Å². The van der Waals surface area contributed by atoms with Crippen LogP contribution in [0.2, 0.25) is 0 Å². The molecule has 7 heteroatoms. The highest BCUT2D eigenvalue weighted by atomic mass is 32.2. The maximum atomic E-state index is 12.8. The molecular weight excluding hydrogens is 292 g/mol. The molecule has 2 heterocycles. The number of hydrogen-bond acceptors (Lipinski definition) is 5. The van der Waals surface area contributed by atoms with Gasteiger partial charge in [-0.2, -0.15) is 0 Å². The van der Waals surface area contributed by atoms with Crippen molar-refractivity contribution in [1.29, 1.82) is 0 Å². The number of aliphatic hydroxyl groups is 1. The van der Waals surface area contributed by atoms with Crippen molar-refractivity contribution in [2.75, 3.05) is 24.6 Å². The van der Waals surface area contributed by atoms with Crippen molar-refractivity contribution < 1.29 is 18.3 Å². The summed E-state index contributed by atoms with van der Waals surface area (Å²) in [5, 5.41) is 12.7. The Balaban J connectivity index is 1.73. The van der Waals surface area contributed by atoms with Crippen LogP contribution in [0.3, 0.4) is 0 Å². The fourth-order valence-electron chi connectivity index (χ4n) is 4.06. The van der Waals surface area contributed by atoms with Gasteiger partial charge in [-0.3, -0.25) is 9.69 Å². The van der Waals surface area contributed by atoms with Gasteiger partial charge in [-0.1, -0.05) is 12.8 Å². The van der Waals surface area contributed by atoms with Crippen LogP contribution in [0, 0.1) is 0 Å². The lowest BCUT2D eigenvalue weighted by Crippen LogP contribution is -2.59. The third kappa shape index (κ3) is 2.83. The van der Waals surface area contributed by atoms with E-state index in [1.807, 2.05) is 0 Å². The first-order valence-electron chi connectivity index (χ1n) is 7.87. The predicted octanol–water partition coefficient (Wildman–Crippen LogP) is -0.331. The lowest BCUT2D eigenvalue weighted by Gasteiger charge is -2.38. The quantitative estimate of drug-likeness (QED) is 0.744. The molecule has 0 bridgehead atoms. The molecule has 3 rings (SSSR count).